The van der Waals surface area contributed by atoms with E-state index in [2.05, 4.69) is 5.32 Å². The number of urea groups is 1. The molecule has 0 aromatic heterocycles. The lowest BCUT2D eigenvalue weighted by molar-refractivity contribution is 0.171. The number of hydrogen-bond acceptors (Lipinski definition) is 4. The number of amides is 2. The highest BCUT2D eigenvalue weighted by molar-refractivity contribution is 7.89. The SMILES string of the molecule is N#Cc1ccccc1S(=O)(=O)N1CCN(C(=O)NC2CC2c2c(F)cccc2F)CC1. The van der Waals surface area contributed by atoms with Crippen molar-refractivity contribution in [1.29, 1.82) is 5.26 Å². The Morgan fingerprint density at radius 2 is 1.68 bits per heavy atom. The van der Waals surface area contributed by atoms with Crippen LogP contribution in [0.25, 0.3) is 0 Å². The van der Waals surface area contributed by atoms with Crippen molar-refractivity contribution < 1.29 is 22.0 Å². The average molecular weight is 446 g/mol. The summed E-state index contributed by atoms with van der Waals surface area (Å²) in [4.78, 5) is 14.0. The van der Waals surface area contributed by atoms with Crippen molar-refractivity contribution in [2.45, 2.75) is 23.3 Å². The lowest BCUT2D eigenvalue weighted by Crippen LogP contribution is -2.53. The Morgan fingerprint density at radius 1 is 1.03 bits per heavy atom. The molecule has 7 nitrogen and oxygen atoms in total. The largest absolute Gasteiger partial charge is 0.335 e. The maximum Gasteiger partial charge on any atom is 0.317 e. The van der Waals surface area contributed by atoms with Gasteiger partial charge in [-0.05, 0) is 30.7 Å². The molecule has 2 atom stereocenters. The molecule has 1 heterocycles. The number of nitrogens with zero attached hydrogens (tertiary/aromatic N) is 3. The number of sulfonamides is 1. The van der Waals surface area contributed by atoms with Crippen LogP contribution in [0.3, 0.4) is 0 Å². The normalized spacial score (nSPS) is 21.4. The zero-order valence-electron chi connectivity index (χ0n) is 16.5. The Hall–Kier alpha value is -3.03. The van der Waals surface area contributed by atoms with E-state index >= 15 is 0 Å². The van der Waals surface area contributed by atoms with Gasteiger partial charge in [-0.1, -0.05) is 18.2 Å². The number of piperazine rings is 1. The molecule has 1 N–H and O–H groups in total. The first kappa shape index (κ1) is 21.2. The van der Waals surface area contributed by atoms with Crippen LogP contribution in [0.15, 0.2) is 47.4 Å². The number of rotatable bonds is 4. The van der Waals surface area contributed by atoms with Crippen molar-refractivity contribution in [2.75, 3.05) is 26.2 Å². The summed E-state index contributed by atoms with van der Waals surface area (Å²) >= 11 is 0. The van der Waals surface area contributed by atoms with Crippen LogP contribution in [0.4, 0.5) is 13.6 Å². The van der Waals surface area contributed by atoms with Gasteiger partial charge in [-0.2, -0.15) is 9.57 Å². The van der Waals surface area contributed by atoms with Crippen LogP contribution in [0, 0.1) is 23.0 Å². The highest BCUT2D eigenvalue weighted by Crippen LogP contribution is 2.43. The molecular weight excluding hydrogens is 426 g/mol. The molecular formula is C21H20F2N4O3S. The summed E-state index contributed by atoms with van der Waals surface area (Å²) in [6.07, 6.45) is 0.447. The van der Waals surface area contributed by atoms with Crippen molar-refractivity contribution in [2.24, 2.45) is 0 Å². The topological polar surface area (TPSA) is 93.5 Å². The first-order valence-corrected chi connectivity index (χ1v) is 11.3. The van der Waals surface area contributed by atoms with Crippen LogP contribution in [-0.4, -0.2) is 55.9 Å². The van der Waals surface area contributed by atoms with Gasteiger partial charge in [0.15, 0.2) is 0 Å². The van der Waals surface area contributed by atoms with E-state index < -0.39 is 33.6 Å². The van der Waals surface area contributed by atoms with Gasteiger partial charge in [-0.25, -0.2) is 22.0 Å². The predicted molar refractivity (Wildman–Crippen MR) is 108 cm³/mol. The summed E-state index contributed by atoms with van der Waals surface area (Å²) in [7, 11) is -3.85. The molecule has 0 bridgehead atoms. The molecule has 1 aliphatic carbocycles. The monoisotopic (exact) mass is 446 g/mol. The van der Waals surface area contributed by atoms with E-state index in [0.717, 1.165) is 0 Å². The second kappa shape index (κ2) is 8.24. The van der Waals surface area contributed by atoms with Gasteiger partial charge in [-0.15, -0.1) is 0 Å². The van der Waals surface area contributed by atoms with Crippen molar-refractivity contribution in [3.63, 3.8) is 0 Å². The summed E-state index contributed by atoms with van der Waals surface area (Å²) in [5, 5.41) is 12.0. The Morgan fingerprint density at radius 3 is 2.32 bits per heavy atom. The van der Waals surface area contributed by atoms with Gasteiger partial charge in [0.05, 0.1) is 10.5 Å². The third kappa shape index (κ3) is 4.11. The first-order chi connectivity index (χ1) is 14.8. The smallest absolute Gasteiger partial charge is 0.317 e. The fraction of sp³-hybridized carbons (Fsp3) is 0.333. The van der Waals surface area contributed by atoms with Gasteiger partial charge >= 0.3 is 6.03 Å². The number of halogens is 2. The zero-order valence-corrected chi connectivity index (χ0v) is 17.3. The van der Waals surface area contributed by atoms with E-state index in [0.29, 0.717) is 6.42 Å². The Balaban J connectivity index is 1.35. The lowest BCUT2D eigenvalue weighted by atomic mass is 10.1. The quantitative estimate of drug-likeness (QED) is 0.781. The molecule has 2 fully saturated rings. The molecule has 0 spiro atoms. The lowest BCUT2D eigenvalue weighted by Gasteiger charge is -2.34. The molecule has 1 saturated carbocycles. The van der Waals surface area contributed by atoms with E-state index in [1.807, 2.05) is 6.07 Å². The van der Waals surface area contributed by atoms with Gasteiger partial charge in [0.1, 0.15) is 17.7 Å². The van der Waals surface area contributed by atoms with Crippen LogP contribution >= 0.6 is 0 Å². The molecule has 2 amide bonds. The summed E-state index contributed by atoms with van der Waals surface area (Å²) in [6, 6.07) is 10.8. The van der Waals surface area contributed by atoms with Gasteiger partial charge in [0.2, 0.25) is 10.0 Å². The van der Waals surface area contributed by atoms with Crippen molar-refractivity contribution in [3.05, 3.63) is 65.2 Å². The second-order valence-corrected chi connectivity index (χ2v) is 9.44. The third-order valence-corrected chi connectivity index (χ3v) is 7.58. The van der Waals surface area contributed by atoms with Crippen LogP contribution in [0.2, 0.25) is 0 Å². The highest BCUT2D eigenvalue weighted by Gasteiger charge is 2.43. The van der Waals surface area contributed by atoms with Crippen LogP contribution < -0.4 is 5.32 Å². The highest BCUT2D eigenvalue weighted by atomic mass is 32.2. The van der Waals surface area contributed by atoms with E-state index in [-0.39, 0.29) is 48.2 Å². The minimum absolute atomic E-state index is 0.0140. The Labute approximate surface area is 178 Å². The molecule has 1 aliphatic heterocycles. The maximum atomic E-state index is 13.9. The van der Waals surface area contributed by atoms with E-state index in [4.69, 9.17) is 0 Å². The molecule has 2 aromatic carbocycles. The number of hydrogen-bond donors (Lipinski definition) is 1. The number of benzene rings is 2. The van der Waals surface area contributed by atoms with Crippen molar-refractivity contribution in [3.8, 4) is 6.07 Å². The number of nitrogens with one attached hydrogen (secondary N) is 1. The van der Waals surface area contributed by atoms with Gasteiger partial charge in [0.25, 0.3) is 0 Å². The fourth-order valence-electron chi connectivity index (χ4n) is 3.84. The summed E-state index contributed by atoms with van der Waals surface area (Å²) in [6.45, 7) is 0.521. The average Bonchev–Trinajstić information content (AvgIpc) is 3.52. The molecule has 162 valence electrons. The van der Waals surface area contributed by atoms with E-state index in [9.17, 15) is 27.3 Å². The van der Waals surface area contributed by atoms with Crippen LogP contribution in [0.5, 0.6) is 0 Å². The number of nitriles is 1. The third-order valence-electron chi connectivity index (χ3n) is 5.62. The molecule has 2 unspecified atom stereocenters. The molecule has 1 saturated heterocycles. The van der Waals surface area contributed by atoms with E-state index in [1.54, 1.807) is 12.1 Å². The van der Waals surface area contributed by atoms with Gasteiger partial charge in [0, 0.05) is 43.7 Å². The van der Waals surface area contributed by atoms with Crippen LogP contribution in [-0.2, 0) is 10.0 Å². The minimum Gasteiger partial charge on any atom is -0.335 e. The molecule has 4 rings (SSSR count). The van der Waals surface area contributed by atoms with Crippen LogP contribution in [0.1, 0.15) is 23.5 Å². The van der Waals surface area contributed by atoms with E-state index in [1.165, 1.54) is 39.5 Å². The molecule has 2 aliphatic rings. The predicted octanol–water partition coefficient (Wildman–Crippen LogP) is 2.41. The summed E-state index contributed by atoms with van der Waals surface area (Å²) < 4.78 is 54.8. The molecule has 2 aromatic rings. The molecule has 31 heavy (non-hydrogen) atoms. The summed E-state index contributed by atoms with van der Waals surface area (Å²) in [5.74, 6) is -1.66. The second-order valence-electron chi connectivity index (χ2n) is 7.53. The number of carbonyl (C=O) groups is 1. The summed E-state index contributed by atoms with van der Waals surface area (Å²) in [5.41, 5.74) is 0.0581. The first-order valence-electron chi connectivity index (χ1n) is 9.81. The fourth-order valence-corrected chi connectivity index (χ4v) is 5.41. The number of carbonyl (C=O) groups excluding carboxylic acids is 1. The zero-order chi connectivity index (χ0) is 22.2. The Kier molecular flexibility index (Phi) is 5.64. The maximum absolute atomic E-state index is 13.9. The molecule has 0 radical (unpaired) electrons. The van der Waals surface area contributed by atoms with Crippen molar-refractivity contribution in [1.82, 2.24) is 14.5 Å². The Bertz CT molecular complexity index is 1140. The van der Waals surface area contributed by atoms with Crippen molar-refractivity contribution >= 4 is 16.1 Å². The molecule has 10 heteroatoms. The standard InChI is InChI=1S/C21H20F2N4O3S/c22-16-5-3-6-17(23)20(16)15-12-18(15)25-21(28)26-8-10-27(11-9-26)31(29,30)19-7-2-1-4-14(19)13-24/h1-7,15,18H,8-12H2,(H,25,28). The van der Waals surface area contributed by atoms with Gasteiger partial charge in [-0.3, -0.25) is 0 Å². The van der Waals surface area contributed by atoms with Gasteiger partial charge < -0.3 is 10.2 Å². The minimum atomic E-state index is -3.85.